The van der Waals surface area contributed by atoms with Crippen LogP contribution in [0.2, 0.25) is 0 Å². The molecule has 0 aromatic heterocycles. The van der Waals surface area contributed by atoms with E-state index in [0.717, 1.165) is 11.6 Å². The molecule has 0 amide bonds. The molecule has 5 nitrogen and oxygen atoms in total. The molecule has 0 aliphatic carbocycles. The number of anilines is 1. The van der Waals surface area contributed by atoms with Crippen LogP contribution in [0.15, 0.2) is 42.5 Å². The van der Waals surface area contributed by atoms with Crippen molar-refractivity contribution in [3.8, 4) is 6.07 Å². The van der Waals surface area contributed by atoms with E-state index >= 15 is 0 Å². The number of nitro benzene ring substituents is 1. The summed E-state index contributed by atoms with van der Waals surface area (Å²) in [6.45, 7) is 0.192. The van der Waals surface area contributed by atoms with Crippen LogP contribution in [-0.4, -0.2) is 4.92 Å². The summed E-state index contributed by atoms with van der Waals surface area (Å²) in [4.78, 5) is 10.2. The van der Waals surface area contributed by atoms with Crippen LogP contribution in [0.5, 0.6) is 0 Å². The second-order valence-electron chi connectivity index (χ2n) is 4.06. The third kappa shape index (κ3) is 2.90. The number of hydrogen-bond acceptors (Lipinski definition) is 4. The first-order valence-electron chi connectivity index (χ1n) is 5.77. The lowest BCUT2D eigenvalue weighted by molar-refractivity contribution is -0.384. The molecular weight excluding hydrogens is 261 g/mol. The van der Waals surface area contributed by atoms with E-state index in [2.05, 4.69) is 5.32 Å². The summed E-state index contributed by atoms with van der Waals surface area (Å²) in [5, 5.41) is 22.3. The molecule has 0 spiro atoms. The maximum atomic E-state index is 13.6. The zero-order chi connectivity index (χ0) is 14.5. The Bertz CT molecular complexity index is 695. The van der Waals surface area contributed by atoms with Gasteiger partial charge in [-0.25, -0.2) is 4.39 Å². The highest BCUT2D eigenvalue weighted by Gasteiger charge is 2.17. The lowest BCUT2D eigenvalue weighted by atomic mass is 10.1. The molecule has 0 heterocycles. The number of benzene rings is 2. The van der Waals surface area contributed by atoms with Crippen LogP contribution in [0.4, 0.5) is 15.8 Å². The first-order valence-corrected chi connectivity index (χ1v) is 5.77. The Labute approximate surface area is 114 Å². The van der Waals surface area contributed by atoms with Crippen molar-refractivity contribution in [3.63, 3.8) is 0 Å². The van der Waals surface area contributed by atoms with Crippen LogP contribution in [0.3, 0.4) is 0 Å². The fraction of sp³-hybridized carbons (Fsp3) is 0.0714. The summed E-state index contributed by atoms with van der Waals surface area (Å²) in [5.41, 5.74) is 0.746. The van der Waals surface area contributed by atoms with Gasteiger partial charge in [0.15, 0.2) is 5.82 Å². The van der Waals surface area contributed by atoms with Gasteiger partial charge in [-0.3, -0.25) is 10.1 Å². The van der Waals surface area contributed by atoms with E-state index in [9.17, 15) is 14.5 Å². The minimum Gasteiger partial charge on any atom is -0.373 e. The molecule has 6 heteroatoms. The van der Waals surface area contributed by atoms with Crippen LogP contribution in [-0.2, 0) is 6.54 Å². The zero-order valence-corrected chi connectivity index (χ0v) is 10.3. The van der Waals surface area contributed by atoms with Gasteiger partial charge in [-0.1, -0.05) is 18.2 Å². The molecule has 0 aliphatic heterocycles. The van der Waals surface area contributed by atoms with E-state index in [1.54, 1.807) is 24.3 Å². The zero-order valence-electron chi connectivity index (χ0n) is 10.3. The number of nitriles is 1. The first-order chi connectivity index (χ1) is 9.61. The molecule has 1 N–H and O–H groups in total. The Morgan fingerprint density at radius 3 is 2.75 bits per heavy atom. The molecule has 0 fully saturated rings. The van der Waals surface area contributed by atoms with Crippen molar-refractivity contribution in [1.82, 2.24) is 0 Å². The van der Waals surface area contributed by atoms with Crippen molar-refractivity contribution in [2.75, 3.05) is 5.32 Å². The molecule has 20 heavy (non-hydrogen) atoms. The van der Waals surface area contributed by atoms with Crippen LogP contribution in [0.1, 0.15) is 11.1 Å². The van der Waals surface area contributed by atoms with Gasteiger partial charge in [-0.2, -0.15) is 5.26 Å². The Kier molecular flexibility index (Phi) is 3.91. The standard InChI is InChI=1S/C14H10FN3O2/c15-12-5-2-6-13(18(19)20)14(12)17-9-11-4-1-3-10(7-11)8-16/h1-7,17H,9H2. The number of hydrogen-bond donors (Lipinski definition) is 1. The molecule has 0 bridgehead atoms. The highest BCUT2D eigenvalue weighted by molar-refractivity contribution is 5.62. The van der Waals surface area contributed by atoms with Crippen molar-refractivity contribution >= 4 is 11.4 Å². The largest absolute Gasteiger partial charge is 0.373 e. The number of halogens is 1. The van der Waals surface area contributed by atoms with Gasteiger partial charge in [0.05, 0.1) is 16.6 Å². The average molecular weight is 271 g/mol. The second kappa shape index (κ2) is 5.80. The molecule has 0 saturated carbocycles. The van der Waals surface area contributed by atoms with Gasteiger partial charge in [0.25, 0.3) is 5.69 Å². The van der Waals surface area contributed by atoms with Gasteiger partial charge in [0.2, 0.25) is 0 Å². The lowest BCUT2D eigenvalue weighted by Gasteiger charge is -2.08. The van der Waals surface area contributed by atoms with E-state index in [4.69, 9.17) is 5.26 Å². The SMILES string of the molecule is N#Cc1cccc(CNc2c(F)cccc2[N+](=O)[O-])c1. The van der Waals surface area contributed by atoms with Gasteiger partial charge in [-0.15, -0.1) is 0 Å². The van der Waals surface area contributed by atoms with Crippen molar-refractivity contribution < 1.29 is 9.31 Å². The highest BCUT2D eigenvalue weighted by Crippen LogP contribution is 2.27. The van der Waals surface area contributed by atoms with E-state index in [0.29, 0.717) is 5.56 Å². The molecule has 0 aliphatic rings. The maximum Gasteiger partial charge on any atom is 0.295 e. The van der Waals surface area contributed by atoms with Crippen LogP contribution >= 0.6 is 0 Å². The van der Waals surface area contributed by atoms with Crippen molar-refractivity contribution in [2.45, 2.75) is 6.54 Å². The highest BCUT2D eigenvalue weighted by atomic mass is 19.1. The predicted molar refractivity (Wildman–Crippen MR) is 71.5 cm³/mol. The normalized spacial score (nSPS) is 9.80. The van der Waals surface area contributed by atoms with E-state index in [1.807, 2.05) is 6.07 Å². The molecule has 0 unspecified atom stereocenters. The topological polar surface area (TPSA) is 79.0 Å². The van der Waals surface area contributed by atoms with Crippen LogP contribution in [0.25, 0.3) is 0 Å². The molecule has 2 aromatic rings. The van der Waals surface area contributed by atoms with Gasteiger partial charge < -0.3 is 5.32 Å². The third-order valence-electron chi connectivity index (χ3n) is 2.71. The first kappa shape index (κ1) is 13.5. The summed E-state index contributed by atoms with van der Waals surface area (Å²) in [5.74, 6) is -0.685. The fourth-order valence-corrected chi connectivity index (χ4v) is 1.78. The molecular formula is C14H10FN3O2. The smallest absolute Gasteiger partial charge is 0.295 e. The molecule has 100 valence electrons. The number of nitrogens with one attached hydrogen (secondary N) is 1. The fourth-order valence-electron chi connectivity index (χ4n) is 1.78. The van der Waals surface area contributed by atoms with Crippen molar-refractivity contribution in [1.29, 1.82) is 5.26 Å². The monoisotopic (exact) mass is 271 g/mol. The average Bonchev–Trinajstić information content (AvgIpc) is 2.45. The Hall–Kier alpha value is -2.94. The second-order valence-corrected chi connectivity index (χ2v) is 4.06. The van der Waals surface area contributed by atoms with Gasteiger partial charge in [-0.05, 0) is 23.8 Å². The minimum atomic E-state index is -0.685. The summed E-state index contributed by atoms with van der Waals surface area (Å²) >= 11 is 0. The minimum absolute atomic E-state index is 0.153. The third-order valence-corrected chi connectivity index (χ3v) is 2.71. The van der Waals surface area contributed by atoms with Crippen LogP contribution in [0, 0.1) is 27.3 Å². The molecule has 2 rings (SSSR count). The summed E-state index contributed by atoms with van der Waals surface area (Å²) in [6, 6.07) is 12.4. The van der Waals surface area contributed by atoms with E-state index in [1.165, 1.54) is 12.1 Å². The maximum absolute atomic E-state index is 13.6. The van der Waals surface area contributed by atoms with Gasteiger partial charge >= 0.3 is 0 Å². The summed E-state index contributed by atoms with van der Waals surface area (Å²) in [6.07, 6.45) is 0. The molecule has 0 saturated heterocycles. The quantitative estimate of drug-likeness (QED) is 0.684. The Morgan fingerprint density at radius 2 is 2.05 bits per heavy atom. The number of para-hydroxylation sites is 1. The van der Waals surface area contributed by atoms with Gasteiger partial charge in [0.1, 0.15) is 5.69 Å². The lowest BCUT2D eigenvalue weighted by Crippen LogP contribution is -2.05. The summed E-state index contributed by atoms with van der Waals surface area (Å²) < 4.78 is 13.6. The number of rotatable bonds is 4. The van der Waals surface area contributed by atoms with Gasteiger partial charge in [0, 0.05) is 12.6 Å². The Balaban J connectivity index is 2.23. The molecule has 2 aromatic carbocycles. The van der Waals surface area contributed by atoms with Crippen molar-refractivity contribution in [3.05, 3.63) is 69.5 Å². The molecule has 0 atom stereocenters. The van der Waals surface area contributed by atoms with E-state index in [-0.39, 0.29) is 17.9 Å². The number of nitrogens with zero attached hydrogens (tertiary/aromatic N) is 2. The van der Waals surface area contributed by atoms with Crippen LogP contribution < -0.4 is 5.32 Å². The molecule has 0 radical (unpaired) electrons. The van der Waals surface area contributed by atoms with E-state index < -0.39 is 10.7 Å². The number of nitro groups is 1. The van der Waals surface area contributed by atoms with Crippen molar-refractivity contribution in [2.24, 2.45) is 0 Å². The summed E-state index contributed by atoms with van der Waals surface area (Å²) in [7, 11) is 0. The predicted octanol–water partition coefficient (Wildman–Crippen LogP) is 3.22. The Morgan fingerprint density at radius 1 is 1.30 bits per heavy atom.